The van der Waals surface area contributed by atoms with E-state index in [2.05, 4.69) is 38.6 Å². The first-order valence-corrected chi connectivity index (χ1v) is 13.9. The predicted octanol–water partition coefficient (Wildman–Crippen LogP) is 5.16. The van der Waals surface area contributed by atoms with E-state index >= 15 is 0 Å². The molecule has 0 saturated heterocycles. The zero-order valence-corrected chi connectivity index (χ0v) is 22.5. The molecular weight excluding hydrogens is 509 g/mol. The largest absolute Gasteiger partial charge is 0.405 e. The van der Waals surface area contributed by atoms with Crippen molar-refractivity contribution in [3.05, 3.63) is 33.7 Å². The first kappa shape index (κ1) is 30.2. The summed E-state index contributed by atoms with van der Waals surface area (Å²) in [7, 11) is 0. The molecule has 202 valence electrons. The summed E-state index contributed by atoms with van der Waals surface area (Å²) in [4.78, 5) is 18.4. The Morgan fingerprint density at radius 2 is 1.83 bits per heavy atom. The first-order valence-electron chi connectivity index (χ1n) is 12.3. The SMILES string of the molecule is C=C.Cc1nnc(CC(N)=O)s1.FC(F)(F)CNc1nc2c(s1)CCN(CCC1CCCCC1)CC2. The second-order valence-electron chi connectivity index (χ2n) is 8.85. The van der Waals surface area contributed by atoms with E-state index in [9.17, 15) is 18.0 Å². The van der Waals surface area contributed by atoms with Crippen molar-refractivity contribution in [1.82, 2.24) is 20.1 Å². The van der Waals surface area contributed by atoms with Crippen LogP contribution in [0.3, 0.4) is 0 Å². The molecule has 0 bridgehead atoms. The summed E-state index contributed by atoms with van der Waals surface area (Å²) < 4.78 is 36.9. The molecular formula is C24H37F3N6OS2. The van der Waals surface area contributed by atoms with Crippen LogP contribution in [0.5, 0.6) is 0 Å². The molecule has 3 N–H and O–H groups in total. The lowest BCUT2D eigenvalue weighted by Crippen LogP contribution is -2.29. The van der Waals surface area contributed by atoms with Crippen molar-refractivity contribution in [1.29, 1.82) is 0 Å². The van der Waals surface area contributed by atoms with Crippen molar-refractivity contribution in [3.63, 3.8) is 0 Å². The molecule has 0 aromatic carbocycles. The van der Waals surface area contributed by atoms with Gasteiger partial charge in [0.2, 0.25) is 5.91 Å². The monoisotopic (exact) mass is 546 g/mol. The lowest BCUT2D eigenvalue weighted by Gasteiger charge is -2.26. The van der Waals surface area contributed by atoms with E-state index < -0.39 is 12.7 Å². The number of aromatic nitrogens is 3. The van der Waals surface area contributed by atoms with Gasteiger partial charge in [0.05, 0.1) is 12.1 Å². The number of hydrogen-bond acceptors (Lipinski definition) is 8. The van der Waals surface area contributed by atoms with E-state index in [1.54, 1.807) is 0 Å². The van der Waals surface area contributed by atoms with Gasteiger partial charge >= 0.3 is 6.18 Å². The van der Waals surface area contributed by atoms with Crippen LogP contribution in [0.2, 0.25) is 0 Å². The molecule has 2 aromatic heterocycles. The summed E-state index contributed by atoms with van der Waals surface area (Å²) in [6, 6.07) is 0. The number of nitrogens with one attached hydrogen (secondary N) is 1. The molecule has 1 amide bonds. The molecule has 2 aromatic rings. The number of carbonyl (C=O) groups is 1. The average Bonchev–Trinajstić information content (AvgIpc) is 3.38. The maximum absolute atomic E-state index is 12.3. The second-order valence-corrected chi connectivity index (χ2v) is 11.2. The quantitative estimate of drug-likeness (QED) is 0.466. The molecule has 3 heterocycles. The van der Waals surface area contributed by atoms with Crippen LogP contribution >= 0.6 is 22.7 Å². The van der Waals surface area contributed by atoms with Crippen LogP contribution < -0.4 is 11.1 Å². The average molecular weight is 547 g/mol. The standard InChI is InChI=1S/C17H26F3N3S.C5H7N3OS.C2H4/c18-17(19,20)12-21-16-22-14-7-10-23(11-8-15(14)24-16)9-6-13-4-2-1-3-5-13;1-3-7-8-5(10-3)2-4(6)9;1-2/h13H,1-12H2,(H,21,22);2H2,1H3,(H2,6,9);1-2H2. The Hall–Kier alpha value is -2.05. The van der Waals surface area contributed by atoms with Crippen LogP contribution in [-0.2, 0) is 24.1 Å². The van der Waals surface area contributed by atoms with Gasteiger partial charge < -0.3 is 16.0 Å². The number of fused-ring (bicyclic) bond motifs is 1. The van der Waals surface area contributed by atoms with Crippen LogP contribution in [0.1, 0.15) is 59.1 Å². The number of carbonyl (C=O) groups excluding carboxylic acids is 1. The second kappa shape index (κ2) is 15.3. The van der Waals surface area contributed by atoms with Gasteiger partial charge in [-0.2, -0.15) is 13.2 Å². The minimum atomic E-state index is -4.20. The summed E-state index contributed by atoms with van der Waals surface area (Å²) >= 11 is 2.78. The molecule has 0 atom stereocenters. The minimum absolute atomic E-state index is 0.200. The van der Waals surface area contributed by atoms with Crippen molar-refractivity contribution < 1.29 is 18.0 Å². The third-order valence-electron chi connectivity index (χ3n) is 6.01. The summed E-state index contributed by atoms with van der Waals surface area (Å²) in [5, 5.41) is 11.8. The molecule has 12 heteroatoms. The van der Waals surface area contributed by atoms with Gasteiger partial charge in [-0.25, -0.2) is 4.98 Å². The highest BCUT2D eigenvalue weighted by molar-refractivity contribution is 7.15. The summed E-state index contributed by atoms with van der Waals surface area (Å²) in [6.45, 7) is 9.96. The number of aryl methyl sites for hydroxylation is 1. The molecule has 1 aliphatic heterocycles. The normalized spacial score (nSPS) is 16.6. The van der Waals surface area contributed by atoms with Crippen molar-refractivity contribution in [2.45, 2.75) is 70.9 Å². The number of nitrogens with two attached hydrogens (primary N) is 1. The lowest BCUT2D eigenvalue weighted by molar-refractivity contribution is -0.117. The maximum Gasteiger partial charge on any atom is 0.405 e. The van der Waals surface area contributed by atoms with Crippen LogP contribution in [0, 0.1) is 12.8 Å². The molecule has 2 aliphatic rings. The maximum atomic E-state index is 12.3. The summed E-state index contributed by atoms with van der Waals surface area (Å²) in [6.07, 6.45) is 6.00. The fourth-order valence-electron chi connectivity index (χ4n) is 4.28. The highest BCUT2D eigenvalue weighted by Crippen LogP contribution is 2.29. The number of primary amides is 1. The highest BCUT2D eigenvalue weighted by Gasteiger charge is 2.28. The number of thiazole rings is 1. The Morgan fingerprint density at radius 3 is 2.44 bits per heavy atom. The van der Waals surface area contributed by atoms with E-state index in [0.717, 1.165) is 54.0 Å². The van der Waals surface area contributed by atoms with Gasteiger partial charge in [0.25, 0.3) is 0 Å². The fourth-order valence-corrected chi connectivity index (χ4v) is 5.99. The van der Waals surface area contributed by atoms with Crippen molar-refractivity contribution in [2.75, 3.05) is 31.5 Å². The molecule has 4 rings (SSSR count). The number of anilines is 1. The minimum Gasteiger partial charge on any atom is -0.369 e. The van der Waals surface area contributed by atoms with E-state index in [1.165, 1.54) is 61.2 Å². The zero-order valence-electron chi connectivity index (χ0n) is 20.9. The zero-order chi connectivity index (χ0) is 26.6. The highest BCUT2D eigenvalue weighted by atomic mass is 32.1. The number of rotatable bonds is 7. The molecule has 0 radical (unpaired) electrons. The van der Waals surface area contributed by atoms with E-state index in [4.69, 9.17) is 5.73 Å². The Balaban J connectivity index is 0.000000318. The van der Waals surface area contributed by atoms with Gasteiger partial charge in [-0.3, -0.25) is 4.79 Å². The van der Waals surface area contributed by atoms with Gasteiger partial charge in [-0.15, -0.1) is 46.0 Å². The summed E-state index contributed by atoms with van der Waals surface area (Å²) in [5.41, 5.74) is 5.92. The molecule has 1 aliphatic carbocycles. The number of nitrogens with zero attached hydrogens (tertiary/aromatic N) is 4. The van der Waals surface area contributed by atoms with Crippen molar-refractivity contribution in [2.24, 2.45) is 11.7 Å². The van der Waals surface area contributed by atoms with Crippen molar-refractivity contribution in [3.8, 4) is 0 Å². The number of amides is 1. The Bertz CT molecular complexity index is 902. The molecule has 0 spiro atoms. The number of alkyl halides is 3. The molecule has 36 heavy (non-hydrogen) atoms. The third-order valence-corrected chi connectivity index (χ3v) is 7.96. The lowest BCUT2D eigenvalue weighted by atomic mass is 9.87. The Labute approximate surface area is 219 Å². The first-order chi connectivity index (χ1) is 17.2. The van der Waals surface area contributed by atoms with Crippen LogP contribution in [0.15, 0.2) is 13.2 Å². The van der Waals surface area contributed by atoms with Crippen LogP contribution in [-0.4, -0.2) is 58.3 Å². The van der Waals surface area contributed by atoms with E-state index in [-0.39, 0.29) is 12.3 Å². The van der Waals surface area contributed by atoms with Gasteiger partial charge in [0, 0.05) is 24.4 Å². The van der Waals surface area contributed by atoms with E-state index in [0.29, 0.717) is 10.1 Å². The topological polar surface area (TPSA) is 97.0 Å². The van der Waals surface area contributed by atoms with Crippen LogP contribution in [0.4, 0.5) is 18.3 Å². The number of hydrogen-bond donors (Lipinski definition) is 2. The third kappa shape index (κ3) is 11.3. The number of halogens is 3. The molecule has 1 saturated carbocycles. The van der Waals surface area contributed by atoms with Gasteiger partial charge in [-0.05, 0) is 32.2 Å². The Kier molecular flexibility index (Phi) is 12.8. The summed E-state index contributed by atoms with van der Waals surface area (Å²) in [5.74, 6) is 0.531. The van der Waals surface area contributed by atoms with Gasteiger partial charge in [0.1, 0.15) is 16.6 Å². The molecule has 0 unspecified atom stereocenters. The van der Waals surface area contributed by atoms with Gasteiger partial charge in [-0.1, -0.05) is 32.1 Å². The smallest absolute Gasteiger partial charge is 0.369 e. The van der Waals surface area contributed by atoms with Crippen LogP contribution in [0.25, 0.3) is 0 Å². The predicted molar refractivity (Wildman–Crippen MR) is 140 cm³/mol. The van der Waals surface area contributed by atoms with Gasteiger partial charge in [0.15, 0.2) is 5.13 Å². The fraction of sp³-hybridized carbons (Fsp3) is 0.667. The molecule has 1 fully saturated rings. The van der Waals surface area contributed by atoms with E-state index in [1.807, 2.05) is 6.92 Å². The molecule has 7 nitrogen and oxygen atoms in total. The Morgan fingerprint density at radius 1 is 1.14 bits per heavy atom. The van der Waals surface area contributed by atoms with Crippen molar-refractivity contribution >= 4 is 33.7 Å².